The van der Waals surface area contributed by atoms with Crippen LogP contribution in [0.3, 0.4) is 0 Å². The van der Waals surface area contributed by atoms with Gasteiger partial charge in [0.2, 0.25) is 0 Å². The van der Waals surface area contributed by atoms with E-state index in [0.29, 0.717) is 41.2 Å². The molecule has 2 rings (SSSR count). The lowest BCUT2D eigenvalue weighted by Crippen LogP contribution is -2.31. The van der Waals surface area contributed by atoms with Crippen LogP contribution in [0.15, 0.2) is 23.2 Å². The highest BCUT2D eigenvalue weighted by Gasteiger charge is 2.15. The minimum Gasteiger partial charge on any atom is -0.493 e. The van der Waals surface area contributed by atoms with Crippen LogP contribution in [0, 0.1) is 11.3 Å². The Labute approximate surface area is 172 Å². The lowest BCUT2D eigenvalue weighted by atomic mass is 10.1. The van der Waals surface area contributed by atoms with Gasteiger partial charge < -0.3 is 19.4 Å². The number of carbonyl (C=O) groups is 1. The first-order valence-corrected chi connectivity index (χ1v) is 10.8. The number of ether oxygens (including phenoxy) is 2. The van der Waals surface area contributed by atoms with Crippen molar-refractivity contribution in [3.8, 4) is 17.6 Å². The molecule has 12 heteroatoms. The fourth-order valence-electron chi connectivity index (χ4n) is 2.47. The summed E-state index contributed by atoms with van der Waals surface area (Å²) in [6, 6.07) is 5.66. The first kappa shape index (κ1) is 22.5. The smallest absolute Gasteiger partial charge is 0.421 e. The number of methoxy groups -OCH3 is 2. The molecule has 0 aliphatic carbocycles. The lowest BCUT2D eigenvalue weighted by Gasteiger charge is -2.12. The standard InChI is InChI=1S/C17H20N4O6S2/c1-25-14-7-12-13(8-15(14)26-2)20-10-11(9-18)16(12)28-6-4-3-5-21-29(23,24)27-17(19)22/h7-8,10,21H,3-6H2,1-2H3,(H2,19,22). The average molecular weight is 441 g/mol. The van der Waals surface area contributed by atoms with E-state index < -0.39 is 16.4 Å². The Balaban J connectivity index is 2.05. The van der Waals surface area contributed by atoms with Gasteiger partial charge in [0.25, 0.3) is 0 Å². The number of aromatic nitrogens is 1. The van der Waals surface area contributed by atoms with E-state index in [9.17, 15) is 18.5 Å². The van der Waals surface area contributed by atoms with Gasteiger partial charge in [-0.3, -0.25) is 4.98 Å². The highest BCUT2D eigenvalue weighted by atomic mass is 32.2. The third kappa shape index (κ3) is 6.11. The van der Waals surface area contributed by atoms with Crippen LogP contribution in [0.25, 0.3) is 10.9 Å². The van der Waals surface area contributed by atoms with Crippen molar-refractivity contribution in [2.75, 3.05) is 26.5 Å². The molecule has 3 N–H and O–H groups in total. The van der Waals surface area contributed by atoms with Crippen LogP contribution in [-0.4, -0.2) is 46.0 Å². The molecule has 0 bridgehead atoms. The second-order valence-corrected chi connectivity index (χ2v) is 8.11. The number of hydrogen-bond acceptors (Lipinski definition) is 9. The van der Waals surface area contributed by atoms with Crippen molar-refractivity contribution in [3.63, 3.8) is 0 Å². The Morgan fingerprint density at radius 1 is 1.28 bits per heavy atom. The summed E-state index contributed by atoms with van der Waals surface area (Å²) in [5.41, 5.74) is 5.78. The minimum atomic E-state index is -4.18. The second kappa shape index (κ2) is 10.1. The van der Waals surface area contributed by atoms with Gasteiger partial charge in [0.1, 0.15) is 6.07 Å². The number of nitrogens with one attached hydrogen (secondary N) is 1. The van der Waals surface area contributed by atoms with Gasteiger partial charge >= 0.3 is 16.4 Å². The molecule has 0 radical (unpaired) electrons. The minimum absolute atomic E-state index is 0.0867. The number of fused-ring (bicyclic) bond motifs is 1. The number of unbranched alkanes of at least 4 members (excludes halogenated alkanes) is 1. The maximum atomic E-state index is 11.3. The van der Waals surface area contributed by atoms with Gasteiger partial charge in [0.05, 0.1) is 25.3 Å². The van der Waals surface area contributed by atoms with Crippen molar-refractivity contribution in [2.45, 2.75) is 17.7 Å². The molecule has 0 fully saturated rings. The summed E-state index contributed by atoms with van der Waals surface area (Å²) in [7, 11) is -1.12. The number of rotatable bonds is 10. The van der Waals surface area contributed by atoms with Crippen LogP contribution in [0.2, 0.25) is 0 Å². The summed E-state index contributed by atoms with van der Waals surface area (Å²) in [5, 5.41) is 10.2. The van der Waals surface area contributed by atoms with E-state index >= 15 is 0 Å². The predicted octanol–water partition coefficient (Wildman–Crippen LogP) is 1.93. The normalized spacial score (nSPS) is 11.1. The van der Waals surface area contributed by atoms with Gasteiger partial charge in [-0.25, -0.2) is 4.79 Å². The zero-order valence-corrected chi connectivity index (χ0v) is 17.4. The number of primary amides is 1. The van der Waals surface area contributed by atoms with Crippen molar-refractivity contribution >= 4 is 39.1 Å². The van der Waals surface area contributed by atoms with Crippen molar-refractivity contribution < 1.29 is 26.9 Å². The first-order valence-electron chi connectivity index (χ1n) is 8.37. The molecule has 1 heterocycles. The fourth-order valence-corrected chi connectivity index (χ4v) is 4.26. The maximum Gasteiger partial charge on any atom is 0.421 e. The zero-order valence-electron chi connectivity index (χ0n) is 15.8. The molecule has 1 aromatic heterocycles. The Bertz CT molecular complexity index is 1040. The summed E-state index contributed by atoms with van der Waals surface area (Å²) >= 11 is 1.46. The van der Waals surface area contributed by atoms with Gasteiger partial charge in [-0.2, -0.15) is 18.4 Å². The number of pyridine rings is 1. The van der Waals surface area contributed by atoms with Crippen LogP contribution in [0.4, 0.5) is 4.79 Å². The monoisotopic (exact) mass is 440 g/mol. The number of nitrogens with zero attached hydrogens (tertiary/aromatic N) is 2. The fraction of sp³-hybridized carbons (Fsp3) is 0.353. The Hall–Kier alpha value is -2.75. The average Bonchev–Trinajstić information content (AvgIpc) is 2.68. The molecule has 0 spiro atoms. The molecule has 0 saturated heterocycles. The highest BCUT2D eigenvalue weighted by Crippen LogP contribution is 2.37. The molecule has 1 aromatic carbocycles. The van der Waals surface area contributed by atoms with E-state index in [1.807, 2.05) is 0 Å². The molecule has 10 nitrogen and oxygen atoms in total. The number of nitriles is 1. The largest absolute Gasteiger partial charge is 0.493 e. The topological polar surface area (TPSA) is 154 Å². The van der Waals surface area contributed by atoms with E-state index in [1.54, 1.807) is 12.1 Å². The van der Waals surface area contributed by atoms with Crippen LogP contribution in [0.5, 0.6) is 11.5 Å². The van der Waals surface area contributed by atoms with Crippen molar-refractivity contribution in [1.82, 2.24) is 9.71 Å². The number of hydrogen-bond donors (Lipinski definition) is 2. The number of amides is 1. The van der Waals surface area contributed by atoms with Crippen LogP contribution >= 0.6 is 11.8 Å². The molecule has 1 amide bonds. The third-order valence-electron chi connectivity index (χ3n) is 3.73. The quantitative estimate of drug-likeness (QED) is 0.416. The summed E-state index contributed by atoms with van der Waals surface area (Å²) in [4.78, 5) is 15.6. The van der Waals surface area contributed by atoms with E-state index in [2.05, 4.69) is 25.7 Å². The SMILES string of the molecule is COc1cc2ncc(C#N)c(SCCCCNS(=O)(=O)OC(N)=O)c2cc1OC. The van der Waals surface area contributed by atoms with Gasteiger partial charge in [0.15, 0.2) is 11.5 Å². The van der Waals surface area contributed by atoms with E-state index in [0.717, 1.165) is 10.3 Å². The van der Waals surface area contributed by atoms with E-state index in [1.165, 1.54) is 32.2 Å². The summed E-state index contributed by atoms with van der Waals surface area (Å²) in [6.07, 6.45) is 1.25. The summed E-state index contributed by atoms with van der Waals surface area (Å²) < 4.78 is 39.4. The van der Waals surface area contributed by atoms with Gasteiger partial charge in [-0.1, -0.05) is 0 Å². The number of nitrogens with two attached hydrogens (primary N) is 1. The zero-order chi connectivity index (χ0) is 21.4. The van der Waals surface area contributed by atoms with E-state index in [4.69, 9.17) is 9.47 Å². The molecular weight excluding hydrogens is 420 g/mol. The lowest BCUT2D eigenvalue weighted by molar-refractivity contribution is 0.212. The first-order chi connectivity index (χ1) is 13.8. The second-order valence-electron chi connectivity index (χ2n) is 5.64. The Kier molecular flexibility index (Phi) is 7.89. The molecule has 0 aliphatic rings. The van der Waals surface area contributed by atoms with Crippen molar-refractivity contribution in [3.05, 3.63) is 23.9 Å². The van der Waals surface area contributed by atoms with Gasteiger partial charge in [0, 0.05) is 29.1 Å². The molecule has 0 aliphatic heterocycles. The molecule has 0 unspecified atom stereocenters. The van der Waals surface area contributed by atoms with Crippen molar-refractivity contribution in [2.24, 2.45) is 5.73 Å². The Morgan fingerprint density at radius 2 is 1.97 bits per heavy atom. The highest BCUT2D eigenvalue weighted by molar-refractivity contribution is 7.99. The predicted molar refractivity (Wildman–Crippen MR) is 107 cm³/mol. The number of thioether (sulfide) groups is 1. The molecule has 0 saturated carbocycles. The van der Waals surface area contributed by atoms with Gasteiger partial charge in [-0.05, 0) is 24.7 Å². The molecule has 29 heavy (non-hydrogen) atoms. The van der Waals surface area contributed by atoms with Crippen molar-refractivity contribution in [1.29, 1.82) is 5.26 Å². The summed E-state index contributed by atoms with van der Waals surface area (Å²) in [6.45, 7) is 0.0867. The third-order valence-corrected chi connectivity index (χ3v) is 5.90. The Morgan fingerprint density at radius 3 is 2.59 bits per heavy atom. The van der Waals surface area contributed by atoms with Crippen LogP contribution in [-0.2, 0) is 14.5 Å². The molecule has 0 atom stereocenters. The number of benzene rings is 1. The van der Waals surface area contributed by atoms with Crippen LogP contribution in [0.1, 0.15) is 18.4 Å². The number of carbonyl (C=O) groups excluding carboxylic acids is 1. The molecule has 156 valence electrons. The summed E-state index contributed by atoms with van der Waals surface area (Å²) in [5.74, 6) is 1.70. The van der Waals surface area contributed by atoms with Crippen LogP contribution < -0.4 is 19.9 Å². The van der Waals surface area contributed by atoms with E-state index in [-0.39, 0.29) is 6.54 Å². The molecular formula is C17H20N4O6S2. The van der Waals surface area contributed by atoms with Gasteiger partial charge in [-0.15, -0.1) is 11.8 Å². The maximum absolute atomic E-state index is 11.3. The molecule has 2 aromatic rings.